The highest BCUT2D eigenvalue weighted by Gasteiger charge is 2.35. The number of benzene rings is 1. The van der Waals surface area contributed by atoms with Crippen LogP contribution in [0.5, 0.6) is 11.5 Å². The van der Waals surface area contributed by atoms with Crippen LogP contribution >= 0.6 is 0 Å². The SMILES string of the molecule is COCCCOc1cc(C(=O)[C@@H](C[C@H](NC(=O)OC(C)(C)C)[C@@H](O)C[C@H](C(=O)O)C(C)C)C(C)C)ccc1OC. The number of rotatable bonds is 17. The number of aliphatic hydroxyl groups is 1. The molecule has 0 spiro atoms. The number of ketones is 1. The standard InChI is InChI=1S/C30H49NO9/c1-18(2)21(27(33)20-11-12-25(38-9)26(15-20)39-14-10-13-37-8)16-23(31-29(36)40-30(5,6)7)24(32)17-22(19(3)4)28(34)35/h11-12,15,18-19,21-24,32H,10,13-14,16-17H2,1-9H3,(H,31,36)(H,34,35)/t21-,22-,23-,24-/m0/s1. The lowest BCUT2D eigenvalue weighted by Crippen LogP contribution is -2.48. The van der Waals surface area contributed by atoms with Gasteiger partial charge in [-0.25, -0.2) is 4.79 Å². The van der Waals surface area contributed by atoms with E-state index in [2.05, 4.69) is 5.32 Å². The minimum Gasteiger partial charge on any atom is -0.493 e. The van der Waals surface area contributed by atoms with E-state index in [0.29, 0.717) is 36.7 Å². The Balaban J connectivity index is 3.30. The molecule has 0 bridgehead atoms. The maximum atomic E-state index is 13.8. The molecule has 3 N–H and O–H groups in total. The number of hydrogen-bond donors (Lipinski definition) is 3. The van der Waals surface area contributed by atoms with Crippen LogP contribution in [0.1, 0.15) is 78.1 Å². The number of carboxylic acids is 1. The van der Waals surface area contributed by atoms with Gasteiger partial charge in [-0.2, -0.15) is 0 Å². The van der Waals surface area contributed by atoms with E-state index in [-0.39, 0.29) is 30.5 Å². The molecule has 1 aromatic carbocycles. The van der Waals surface area contributed by atoms with Gasteiger partial charge < -0.3 is 34.5 Å². The van der Waals surface area contributed by atoms with Gasteiger partial charge in [0.15, 0.2) is 17.3 Å². The molecule has 0 radical (unpaired) electrons. The number of nitrogens with one attached hydrogen (secondary N) is 1. The summed E-state index contributed by atoms with van der Waals surface area (Å²) in [6.07, 6.45) is -1.32. The molecule has 0 aliphatic rings. The van der Waals surface area contributed by atoms with Gasteiger partial charge in [-0.1, -0.05) is 27.7 Å². The zero-order valence-electron chi connectivity index (χ0n) is 25.5. The van der Waals surface area contributed by atoms with Gasteiger partial charge in [-0.05, 0) is 63.6 Å². The zero-order valence-corrected chi connectivity index (χ0v) is 25.5. The number of carbonyl (C=O) groups is 3. The first-order valence-electron chi connectivity index (χ1n) is 13.9. The van der Waals surface area contributed by atoms with E-state index in [1.807, 2.05) is 13.8 Å². The smallest absolute Gasteiger partial charge is 0.407 e. The third kappa shape index (κ3) is 11.7. The van der Waals surface area contributed by atoms with Crippen LogP contribution in [0.15, 0.2) is 18.2 Å². The summed E-state index contributed by atoms with van der Waals surface area (Å²) in [5.41, 5.74) is -0.380. The largest absolute Gasteiger partial charge is 0.493 e. The molecule has 1 amide bonds. The second-order valence-electron chi connectivity index (χ2n) is 11.8. The van der Waals surface area contributed by atoms with E-state index in [4.69, 9.17) is 18.9 Å². The van der Waals surface area contributed by atoms with Crippen LogP contribution in [-0.4, -0.2) is 73.2 Å². The van der Waals surface area contributed by atoms with Crippen molar-refractivity contribution >= 4 is 17.8 Å². The summed E-state index contributed by atoms with van der Waals surface area (Å²) in [7, 11) is 3.13. The fourth-order valence-corrected chi connectivity index (χ4v) is 4.35. The summed E-state index contributed by atoms with van der Waals surface area (Å²) >= 11 is 0. The topological polar surface area (TPSA) is 141 Å². The molecule has 0 saturated carbocycles. The summed E-state index contributed by atoms with van der Waals surface area (Å²) in [5, 5.41) is 23.5. The Kier molecular flexibility index (Phi) is 14.4. The molecule has 228 valence electrons. The molecule has 0 unspecified atom stereocenters. The first-order valence-corrected chi connectivity index (χ1v) is 13.9. The number of hydrogen-bond acceptors (Lipinski definition) is 8. The van der Waals surface area contributed by atoms with Gasteiger partial charge in [0.25, 0.3) is 0 Å². The molecule has 4 atom stereocenters. The number of Topliss-reactive ketones (excluding diaryl/α,β-unsaturated/α-hetero) is 1. The average molecular weight is 568 g/mol. The van der Waals surface area contributed by atoms with Crippen molar-refractivity contribution in [3.63, 3.8) is 0 Å². The molecular weight excluding hydrogens is 518 g/mol. The number of carbonyl (C=O) groups excluding carboxylic acids is 2. The lowest BCUT2D eigenvalue weighted by molar-refractivity contribution is -0.144. The van der Waals surface area contributed by atoms with Gasteiger partial charge in [0.05, 0.1) is 31.8 Å². The van der Waals surface area contributed by atoms with Crippen molar-refractivity contribution in [2.75, 3.05) is 27.4 Å². The summed E-state index contributed by atoms with van der Waals surface area (Å²) in [5.74, 6) is -2.13. The summed E-state index contributed by atoms with van der Waals surface area (Å²) in [6, 6.07) is 4.04. The molecule has 0 heterocycles. The number of methoxy groups -OCH3 is 2. The molecule has 10 nitrogen and oxygen atoms in total. The van der Waals surface area contributed by atoms with E-state index < -0.39 is 41.6 Å². The quantitative estimate of drug-likeness (QED) is 0.176. The lowest BCUT2D eigenvalue weighted by atomic mass is 9.80. The Bertz CT molecular complexity index is 955. The minimum atomic E-state index is -1.22. The number of alkyl carbamates (subject to hydrolysis) is 1. The molecule has 0 aliphatic carbocycles. The van der Waals surface area contributed by atoms with Crippen molar-refractivity contribution in [3.05, 3.63) is 23.8 Å². The summed E-state index contributed by atoms with van der Waals surface area (Å²) < 4.78 is 21.7. The molecule has 0 aromatic heterocycles. The Morgan fingerprint density at radius 1 is 0.925 bits per heavy atom. The molecule has 40 heavy (non-hydrogen) atoms. The first-order chi connectivity index (χ1) is 18.6. The van der Waals surface area contributed by atoms with Crippen LogP contribution < -0.4 is 14.8 Å². The average Bonchev–Trinajstić information content (AvgIpc) is 2.85. The summed E-state index contributed by atoms with van der Waals surface area (Å²) in [6.45, 7) is 13.4. The van der Waals surface area contributed by atoms with Crippen LogP contribution in [-0.2, 0) is 14.3 Å². The van der Waals surface area contributed by atoms with Crippen molar-refractivity contribution in [1.29, 1.82) is 0 Å². The number of ether oxygens (including phenoxy) is 4. The first kappa shape index (κ1) is 35.2. The Morgan fingerprint density at radius 3 is 2.05 bits per heavy atom. The number of amides is 1. The third-order valence-corrected chi connectivity index (χ3v) is 6.63. The molecule has 1 aromatic rings. The highest BCUT2D eigenvalue weighted by molar-refractivity contribution is 5.98. The van der Waals surface area contributed by atoms with Crippen LogP contribution in [0.3, 0.4) is 0 Å². The maximum absolute atomic E-state index is 13.8. The second-order valence-corrected chi connectivity index (χ2v) is 11.8. The molecule has 10 heteroatoms. The van der Waals surface area contributed by atoms with Crippen LogP contribution in [0.25, 0.3) is 0 Å². The lowest BCUT2D eigenvalue weighted by Gasteiger charge is -2.32. The van der Waals surface area contributed by atoms with Crippen molar-refractivity contribution in [2.45, 2.75) is 85.5 Å². The summed E-state index contributed by atoms with van der Waals surface area (Å²) in [4.78, 5) is 38.3. The Labute approximate surface area is 238 Å². The predicted octanol–water partition coefficient (Wildman–Crippen LogP) is 4.96. The number of carboxylic acid groups (broad SMARTS) is 1. The highest BCUT2D eigenvalue weighted by Crippen LogP contribution is 2.32. The van der Waals surface area contributed by atoms with Crippen molar-refractivity contribution in [1.82, 2.24) is 5.32 Å². The van der Waals surface area contributed by atoms with E-state index in [1.165, 1.54) is 7.11 Å². The Hall–Kier alpha value is -2.85. The van der Waals surface area contributed by atoms with E-state index in [1.54, 1.807) is 59.9 Å². The highest BCUT2D eigenvalue weighted by atomic mass is 16.6. The normalized spacial score (nSPS) is 14.8. The van der Waals surface area contributed by atoms with Gasteiger partial charge in [-0.15, -0.1) is 0 Å². The van der Waals surface area contributed by atoms with Crippen molar-refractivity contribution in [3.8, 4) is 11.5 Å². The predicted molar refractivity (Wildman–Crippen MR) is 152 cm³/mol. The van der Waals surface area contributed by atoms with E-state index >= 15 is 0 Å². The molecule has 0 saturated heterocycles. The second kappa shape index (κ2) is 16.4. The van der Waals surface area contributed by atoms with Gasteiger partial charge in [0.2, 0.25) is 0 Å². The van der Waals surface area contributed by atoms with Gasteiger partial charge in [-0.3, -0.25) is 9.59 Å². The van der Waals surface area contributed by atoms with Gasteiger partial charge in [0, 0.05) is 31.6 Å². The molecule has 0 fully saturated rings. The molecular formula is C30H49NO9. The van der Waals surface area contributed by atoms with Gasteiger partial charge in [0.1, 0.15) is 5.60 Å². The fourth-order valence-electron chi connectivity index (χ4n) is 4.35. The molecule has 0 aliphatic heterocycles. The van der Waals surface area contributed by atoms with E-state index in [0.717, 1.165) is 0 Å². The number of aliphatic carboxylic acids is 1. The third-order valence-electron chi connectivity index (χ3n) is 6.63. The van der Waals surface area contributed by atoms with Crippen LogP contribution in [0, 0.1) is 23.7 Å². The Morgan fingerprint density at radius 2 is 1.55 bits per heavy atom. The minimum absolute atomic E-state index is 0.0808. The van der Waals surface area contributed by atoms with Crippen molar-refractivity contribution in [2.24, 2.45) is 23.7 Å². The zero-order chi connectivity index (χ0) is 30.6. The number of aliphatic hydroxyl groups excluding tert-OH is 1. The maximum Gasteiger partial charge on any atom is 0.407 e. The fraction of sp³-hybridized carbons (Fsp3) is 0.700. The van der Waals surface area contributed by atoms with Crippen molar-refractivity contribution < 1.29 is 43.5 Å². The molecule has 1 rings (SSSR count). The van der Waals surface area contributed by atoms with Crippen LogP contribution in [0.2, 0.25) is 0 Å². The van der Waals surface area contributed by atoms with E-state index in [9.17, 15) is 24.6 Å². The monoisotopic (exact) mass is 567 g/mol. The van der Waals surface area contributed by atoms with Gasteiger partial charge >= 0.3 is 12.1 Å². The van der Waals surface area contributed by atoms with Crippen LogP contribution in [0.4, 0.5) is 4.79 Å².